The van der Waals surface area contributed by atoms with E-state index >= 15 is 0 Å². The summed E-state index contributed by atoms with van der Waals surface area (Å²) < 4.78 is 5.20. The first-order chi connectivity index (χ1) is 10.8. The normalized spacial score (nSPS) is 12.2. The smallest absolute Gasteiger partial charge is 0.251 e. The summed E-state index contributed by atoms with van der Waals surface area (Å²) in [4.78, 5) is 12.2. The van der Waals surface area contributed by atoms with Crippen LogP contribution in [0.3, 0.4) is 0 Å². The Morgan fingerprint density at radius 2 is 2.00 bits per heavy atom. The quantitative estimate of drug-likeness (QED) is 0.885. The molecule has 23 heavy (non-hydrogen) atoms. The Morgan fingerprint density at radius 3 is 2.83 bits per heavy atom. The lowest BCUT2D eigenvalue weighted by Crippen LogP contribution is -2.25. The van der Waals surface area contributed by atoms with Gasteiger partial charge in [0.05, 0.1) is 7.11 Å². The van der Waals surface area contributed by atoms with Crippen molar-refractivity contribution < 1.29 is 9.53 Å². The van der Waals surface area contributed by atoms with Crippen LogP contribution in [0, 0.1) is 0 Å². The molecule has 0 atom stereocenters. The number of carbonyl (C=O) groups excluding carboxylic acids is 1. The molecule has 0 unspecified atom stereocenters. The highest BCUT2D eigenvalue weighted by atomic mass is 35.5. The lowest BCUT2D eigenvalue weighted by Gasteiger charge is -2.08. The molecule has 3 rings (SSSR count). The van der Waals surface area contributed by atoms with Crippen molar-refractivity contribution in [2.24, 2.45) is 0 Å². The molecule has 4 nitrogen and oxygen atoms in total. The van der Waals surface area contributed by atoms with Crippen LogP contribution in [-0.4, -0.2) is 19.6 Å². The molecule has 0 saturated carbocycles. The molecule has 0 aliphatic carbocycles. The molecule has 1 heterocycles. The van der Waals surface area contributed by atoms with Crippen molar-refractivity contribution in [1.29, 1.82) is 0 Å². The maximum atomic E-state index is 12.2. The summed E-state index contributed by atoms with van der Waals surface area (Å²) in [6, 6.07) is 13.8. The van der Waals surface area contributed by atoms with Gasteiger partial charge >= 0.3 is 0 Å². The molecule has 2 N–H and O–H groups in total. The van der Waals surface area contributed by atoms with Crippen LogP contribution >= 0.6 is 12.4 Å². The molecule has 5 heteroatoms. The van der Waals surface area contributed by atoms with Crippen molar-refractivity contribution in [3.05, 3.63) is 64.7 Å². The summed E-state index contributed by atoms with van der Waals surface area (Å²) in [5.41, 5.74) is 4.39. The summed E-state index contributed by atoms with van der Waals surface area (Å²) in [7, 11) is 1.66. The molecule has 2 aromatic rings. The number of ether oxygens (including phenoxy) is 1. The van der Waals surface area contributed by atoms with Gasteiger partial charge in [0.25, 0.3) is 5.91 Å². The van der Waals surface area contributed by atoms with Gasteiger partial charge in [-0.05, 0) is 47.4 Å². The first-order valence-electron chi connectivity index (χ1n) is 7.50. The van der Waals surface area contributed by atoms with E-state index < -0.39 is 0 Å². The van der Waals surface area contributed by atoms with Gasteiger partial charge in [-0.3, -0.25) is 4.79 Å². The molecule has 0 fully saturated rings. The SMILES string of the molecule is COc1cccc(CCNC(=O)c2ccc3c(c2)CNC3)c1.Cl. The zero-order valence-corrected chi connectivity index (χ0v) is 13.9. The number of nitrogens with one attached hydrogen (secondary N) is 2. The van der Waals surface area contributed by atoms with E-state index in [1.54, 1.807) is 7.11 Å². The van der Waals surface area contributed by atoms with Crippen LogP contribution in [0.1, 0.15) is 27.0 Å². The second-order valence-corrected chi connectivity index (χ2v) is 5.44. The average molecular weight is 333 g/mol. The van der Waals surface area contributed by atoms with E-state index in [0.29, 0.717) is 6.54 Å². The van der Waals surface area contributed by atoms with E-state index in [1.807, 2.05) is 42.5 Å². The van der Waals surface area contributed by atoms with Gasteiger partial charge in [0, 0.05) is 25.2 Å². The van der Waals surface area contributed by atoms with Crippen LogP contribution < -0.4 is 15.4 Å². The third kappa shape index (κ3) is 4.24. The molecule has 1 aliphatic rings. The highest BCUT2D eigenvalue weighted by Crippen LogP contribution is 2.17. The first-order valence-corrected chi connectivity index (χ1v) is 7.50. The topological polar surface area (TPSA) is 50.4 Å². The Kier molecular flexibility index (Phi) is 6.02. The van der Waals surface area contributed by atoms with Gasteiger partial charge in [-0.15, -0.1) is 12.4 Å². The number of methoxy groups -OCH3 is 1. The second kappa shape index (κ2) is 7.99. The number of hydrogen-bond donors (Lipinski definition) is 2. The molecule has 122 valence electrons. The van der Waals surface area contributed by atoms with Gasteiger partial charge in [0.2, 0.25) is 0 Å². The van der Waals surface area contributed by atoms with E-state index in [1.165, 1.54) is 11.1 Å². The fraction of sp³-hybridized carbons (Fsp3) is 0.278. The van der Waals surface area contributed by atoms with Crippen LogP contribution in [0.15, 0.2) is 42.5 Å². The highest BCUT2D eigenvalue weighted by molar-refractivity contribution is 5.94. The molecule has 0 spiro atoms. The molecule has 0 bridgehead atoms. The van der Waals surface area contributed by atoms with E-state index in [4.69, 9.17) is 4.74 Å². The summed E-state index contributed by atoms with van der Waals surface area (Å²) in [6.07, 6.45) is 0.787. The van der Waals surface area contributed by atoms with Crippen molar-refractivity contribution in [3.8, 4) is 5.75 Å². The minimum absolute atomic E-state index is 0. The van der Waals surface area contributed by atoms with Gasteiger partial charge in [-0.2, -0.15) is 0 Å². The van der Waals surface area contributed by atoms with E-state index in [0.717, 1.165) is 36.4 Å². The number of halogens is 1. The monoisotopic (exact) mass is 332 g/mol. The minimum atomic E-state index is -0.0161. The maximum absolute atomic E-state index is 12.2. The van der Waals surface area contributed by atoms with Crippen molar-refractivity contribution >= 4 is 18.3 Å². The molecule has 1 amide bonds. The number of amides is 1. The van der Waals surface area contributed by atoms with Crippen LogP contribution in [-0.2, 0) is 19.5 Å². The zero-order chi connectivity index (χ0) is 15.4. The Morgan fingerprint density at radius 1 is 1.17 bits per heavy atom. The number of carbonyl (C=O) groups is 1. The standard InChI is InChI=1S/C18H20N2O2.ClH/c1-22-17-4-2-3-13(9-17)7-8-20-18(21)14-5-6-15-11-19-12-16(15)10-14;/h2-6,9-10,19H,7-8,11-12H2,1H3,(H,20,21);1H. The van der Waals surface area contributed by atoms with Crippen molar-refractivity contribution in [2.45, 2.75) is 19.5 Å². The van der Waals surface area contributed by atoms with E-state index in [2.05, 4.69) is 10.6 Å². The first kappa shape index (κ1) is 17.3. The van der Waals surface area contributed by atoms with Crippen LogP contribution in [0.25, 0.3) is 0 Å². The fourth-order valence-corrected chi connectivity index (χ4v) is 2.69. The predicted octanol–water partition coefficient (Wildman–Crippen LogP) is 2.69. The molecule has 0 radical (unpaired) electrons. The average Bonchev–Trinajstić information content (AvgIpc) is 3.02. The van der Waals surface area contributed by atoms with Gasteiger partial charge in [-0.1, -0.05) is 18.2 Å². The van der Waals surface area contributed by atoms with Crippen LogP contribution in [0.5, 0.6) is 5.75 Å². The molecule has 1 aliphatic heterocycles. The lowest BCUT2D eigenvalue weighted by atomic mass is 10.1. The minimum Gasteiger partial charge on any atom is -0.497 e. The van der Waals surface area contributed by atoms with Gasteiger partial charge in [-0.25, -0.2) is 0 Å². The van der Waals surface area contributed by atoms with E-state index in [-0.39, 0.29) is 18.3 Å². The van der Waals surface area contributed by atoms with Gasteiger partial charge < -0.3 is 15.4 Å². The predicted molar refractivity (Wildman–Crippen MR) is 93.3 cm³/mol. The maximum Gasteiger partial charge on any atom is 0.251 e. The van der Waals surface area contributed by atoms with Gasteiger partial charge in [0.15, 0.2) is 0 Å². The lowest BCUT2D eigenvalue weighted by molar-refractivity contribution is 0.0954. The molecule has 0 aromatic heterocycles. The Bertz CT molecular complexity index is 688. The Hall–Kier alpha value is -2.04. The molecule has 2 aromatic carbocycles. The summed E-state index contributed by atoms with van der Waals surface area (Å²) in [6.45, 7) is 2.36. The summed E-state index contributed by atoms with van der Waals surface area (Å²) in [5.74, 6) is 0.826. The third-order valence-electron chi connectivity index (χ3n) is 3.93. The summed E-state index contributed by atoms with van der Waals surface area (Å²) >= 11 is 0. The zero-order valence-electron chi connectivity index (χ0n) is 13.1. The van der Waals surface area contributed by atoms with Crippen LogP contribution in [0.4, 0.5) is 0 Å². The molecule has 0 saturated heterocycles. The van der Waals surface area contributed by atoms with Gasteiger partial charge in [0.1, 0.15) is 5.75 Å². The Balaban J connectivity index is 0.00000192. The molecular formula is C18H21ClN2O2. The van der Waals surface area contributed by atoms with Crippen molar-refractivity contribution in [2.75, 3.05) is 13.7 Å². The Labute approximate surface area is 142 Å². The van der Waals surface area contributed by atoms with Crippen LogP contribution in [0.2, 0.25) is 0 Å². The third-order valence-corrected chi connectivity index (χ3v) is 3.93. The number of rotatable bonds is 5. The van der Waals surface area contributed by atoms with E-state index in [9.17, 15) is 4.79 Å². The number of hydrogen-bond acceptors (Lipinski definition) is 3. The van der Waals surface area contributed by atoms with Crippen molar-refractivity contribution in [1.82, 2.24) is 10.6 Å². The highest BCUT2D eigenvalue weighted by Gasteiger charge is 2.13. The van der Waals surface area contributed by atoms with Crippen molar-refractivity contribution in [3.63, 3.8) is 0 Å². The fourth-order valence-electron chi connectivity index (χ4n) is 2.69. The number of benzene rings is 2. The largest absolute Gasteiger partial charge is 0.497 e. The number of fused-ring (bicyclic) bond motifs is 1. The summed E-state index contributed by atoms with van der Waals surface area (Å²) in [5, 5.41) is 6.26. The second-order valence-electron chi connectivity index (χ2n) is 5.44. The molecular weight excluding hydrogens is 312 g/mol.